The van der Waals surface area contributed by atoms with Crippen LogP contribution >= 0.6 is 32.2 Å². The maximum absolute atomic E-state index is 12.6. The first kappa shape index (κ1) is 36.5. The molecule has 2 aromatic rings. The number of rotatable bonds is 16. The highest BCUT2D eigenvalue weighted by Gasteiger charge is 2.42. The van der Waals surface area contributed by atoms with Crippen LogP contribution in [0, 0.1) is 0 Å². The van der Waals surface area contributed by atoms with E-state index < -0.39 is 40.2 Å². The lowest BCUT2D eigenvalue weighted by molar-refractivity contribution is -0.143. The van der Waals surface area contributed by atoms with Gasteiger partial charge in [0.15, 0.2) is 0 Å². The van der Waals surface area contributed by atoms with Gasteiger partial charge >= 0.3 is 11.9 Å². The number of nitrogens with two attached hydrogens (primary N) is 1. The average molecular weight is 670 g/mol. The summed E-state index contributed by atoms with van der Waals surface area (Å²) in [5.74, 6) is 0.526. The predicted octanol–water partition coefficient (Wildman–Crippen LogP) is 5.35. The van der Waals surface area contributed by atoms with Gasteiger partial charge in [0.25, 0.3) is 0 Å². The van der Waals surface area contributed by atoms with Crippen molar-refractivity contribution in [2.75, 3.05) is 38.6 Å². The number of hydrogen-bond donors (Lipinski definition) is 5. The second-order valence-electron chi connectivity index (χ2n) is 10.9. The van der Waals surface area contributed by atoms with Crippen LogP contribution < -0.4 is 21.1 Å². The van der Waals surface area contributed by atoms with Gasteiger partial charge < -0.3 is 19.9 Å². The number of carbonyl (C=O) groups excluding carboxylic acids is 2. The van der Waals surface area contributed by atoms with Crippen molar-refractivity contribution in [1.82, 2.24) is 10.6 Å². The van der Waals surface area contributed by atoms with Crippen molar-refractivity contribution in [3.8, 4) is 5.75 Å². The Morgan fingerprint density at radius 2 is 1.77 bits per heavy atom. The molecule has 10 nitrogen and oxygen atoms in total. The van der Waals surface area contributed by atoms with E-state index in [9.17, 15) is 18.7 Å². The van der Waals surface area contributed by atoms with Gasteiger partial charge in [0.1, 0.15) is 17.8 Å². The molecule has 4 atom stereocenters. The van der Waals surface area contributed by atoms with E-state index in [0.717, 1.165) is 36.8 Å². The van der Waals surface area contributed by atoms with E-state index in [0.29, 0.717) is 27.7 Å². The van der Waals surface area contributed by atoms with Crippen molar-refractivity contribution in [2.45, 2.75) is 74.6 Å². The predicted molar refractivity (Wildman–Crippen MR) is 180 cm³/mol. The van der Waals surface area contributed by atoms with E-state index in [4.69, 9.17) is 15.2 Å². The molecule has 6 N–H and O–H groups in total. The van der Waals surface area contributed by atoms with E-state index in [1.54, 1.807) is 7.11 Å². The van der Waals surface area contributed by atoms with Crippen LogP contribution in [0.15, 0.2) is 47.4 Å². The van der Waals surface area contributed by atoms with Crippen molar-refractivity contribution in [3.05, 3.63) is 59.2 Å². The van der Waals surface area contributed by atoms with E-state index >= 15 is 0 Å². The molecule has 2 aromatic carbocycles. The molecular weight excluding hydrogens is 623 g/mol. The van der Waals surface area contributed by atoms with Crippen molar-refractivity contribution in [3.63, 3.8) is 0 Å². The molecule has 0 aromatic heterocycles. The summed E-state index contributed by atoms with van der Waals surface area (Å²) < 4.78 is 39.1. The third-order valence-corrected chi connectivity index (χ3v) is 12.4. The number of methoxy groups -OCH3 is 3. The third kappa shape index (κ3) is 9.29. The Morgan fingerprint density at radius 1 is 1.09 bits per heavy atom. The van der Waals surface area contributed by atoms with Gasteiger partial charge in [-0.2, -0.15) is 10.6 Å². The minimum atomic E-state index is -3.21. The first-order valence-electron chi connectivity index (χ1n) is 14.7. The molecule has 0 saturated carbocycles. The molecule has 0 amide bonds. The molecule has 0 aliphatic carbocycles. The minimum Gasteiger partial charge on any atom is -0.496 e. The lowest BCUT2D eigenvalue weighted by atomic mass is 9.88. The fraction of sp³-hybridized carbons (Fsp3) is 0.548. The Kier molecular flexibility index (Phi) is 14.2. The van der Waals surface area contributed by atoms with Crippen LogP contribution in [0.25, 0.3) is 0 Å². The molecule has 0 saturated heterocycles. The number of unbranched alkanes of at least 4 members (excludes halogenated alkanes) is 1. The molecule has 0 unspecified atom stereocenters. The van der Waals surface area contributed by atoms with Crippen LogP contribution in [0.4, 0.5) is 0 Å². The summed E-state index contributed by atoms with van der Waals surface area (Å²) in [4.78, 5) is 24.7. The Bertz CT molecular complexity index is 1240. The zero-order valence-corrected chi connectivity index (χ0v) is 28.6. The zero-order valence-electron chi connectivity index (χ0n) is 26.2. The van der Waals surface area contributed by atoms with E-state index in [1.807, 2.05) is 30.3 Å². The molecule has 246 valence electrons. The second-order valence-corrected chi connectivity index (χ2v) is 15.5. The molecule has 1 aliphatic rings. The fourth-order valence-corrected chi connectivity index (χ4v) is 9.87. The van der Waals surface area contributed by atoms with Crippen LogP contribution in [0.5, 0.6) is 5.75 Å². The molecule has 0 spiro atoms. The van der Waals surface area contributed by atoms with E-state index in [-0.39, 0.29) is 18.3 Å². The molecule has 13 heteroatoms. The number of ether oxygens (including phenoxy) is 3. The van der Waals surface area contributed by atoms with Crippen molar-refractivity contribution < 1.29 is 32.9 Å². The number of hydrogen-bond acceptors (Lipinski definition) is 12. The lowest BCUT2D eigenvalue weighted by Gasteiger charge is -2.42. The van der Waals surface area contributed by atoms with Crippen LogP contribution in [0.3, 0.4) is 0 Å². The monoisotopic (exact) mass is 669 g/mol. The second kappa shape index (κ2) is 17.1. The summed E-state index contributed by atoms with van der Waals surface area (Å²) in [6, 6.07) is 12.0. The normalized spacial score (nSPS) is 21.3. The van der Waals surface area contributed by atoms with Gasteiger partial charge in [-0.05, 0) is 30.5 Å². The molecular formula is C31H47N3O7S3. The SMILES string of the molecule is CCCC[C@]1(CC)CS(O)(O)c2cc(CN[C@@H](CSSC[C@H](N)C(=O)OC)C(=O)OC)c(OC)cc2[C@@H](c2ccccc2)N1. The summed E-state index contributed by atoms with van der Waals surface area (Å²) >= 11 is 0. The zero-order chi connectivity index (χ0) is 32.3. The molecule has 3 rings (SSSR count). The Morgan fingerprint density at radius 3 is 2.39 bits per heavy atom. The van der Waals surface area contributed by atoms with Gasteiger partial charge in [-0.25, -0.2) is 0 Å². The summed E-state index contributed by atoms with van der Waals surface area (Å²) in [5.41, 5.74) is 7.82. The maximum Gasteiger partial charge on any atom is 0.323 e. The number of nitrogens with one attached hydrogen (secondary N) is 2. The molecule has 0 bridgehead atoms. The summed E-state index contributed by atoms with van der Waals surface area (Å²) in [6.45, 7) is 4.46. The van der Waals surface area contributed by atoms with Gasteiger partial charge in [0.2, 0.25) is 0 Å². The number of benzene rings is 2. The number of esters is 2. The maximum atomic E-state index is 12.6. The standard InChI is InChI=1S/C31H47N3O7S3/c1-6-8-14-31(7-2)20-44(37,38)27-15-22(26(39-3)16-23(27)28(34-31)21-12-10-9-11-13-21)17-33-25(30(36)41-5)19-43-42-18-24(32)29(35)40-4/h9-13,15-16,24-25,28,33-34,37-38H,6-8,14,17-20,32H2,1-5H3/t24-,25-,28+,31+/m0/s1. The first-order valence-corrected chi connectivity index (χ1v) is 18.9. The average Bonchev–Trinajstić information content (AvgIpc) is 3.13. The highest BCUT2D eigenvalue weighted by atomic mass is 33.1. The Balaban J connectivity index is 1.93. The first-order chi connectivity index (χ1) is 21.0. The highest BCUT2D eigenvalue weighted by Crippen LogP contribution is 2.58. The lowest BCUT2D eigenvalue weighted by Crippen LogP contribution is -2.49. The third-order valence-electron chi connectivity index (χ3n) is 7.92. The van der Waals surface area contributed by atoms with Crippen molar-refractivity contribution in [2.24, 2.45) is 5.73 Å². The molecule has 0 fully saturated rings. The minimum absolute atomic E-state index is 0.207. The van der Waals surface area contributed by atoms with E-state index in [2.05, 4.69) is 41.4 Å². The van der Waals surface area contributed by atoms with Gasteiger partial charge in [-0.1, -0.05) is 78.6 Å². The highest BCUT2D eigenvalue weighted by molar-refractivity contribution is 8.76. The van der Waals surface area contributed by atoms with Crippen molar-refractivity contribution in [1.29, 1.82) is 0 Å². The summed E-state index contributed by atoms with van der Waals surface area (Å²) in [5, 5.41) is 7.11. The van der Waals surface area contributed by atoms with Crippen LogP contribution in [-0.4, -0.2) is 77.3 Å². The Labute approximate surface area is 270 Å². The number of fused-ring (bicyclic) bond motifs is 1. The topological polar surface area (TPSA) is 152 Å². The van der Waals surface area contributed by atoms with Crippen molar-refractivity contribution >= 4 is 44.1 Å². The van der Waals surface area contributed by atoms with Crippen LogP contribution in [0.1, 0.15) is 62.3 Å². The Hall–Kier alpha value is -1.97. The van der Waals surface area contributed by atoms with Gasteiger partial charge in [0, 0.05) is 34.7 Å². The van der Waals surface area contributed by atoms with Gasteiger partial charge in [-0.3, -0.25) is 29.3 Å². The van der Waals surface area contributed by atoms with E-state index in [1.165, 1.54) is 35.8 Å². The fourth-order valence-electron chi connectivity index (χ4n) is 5.33. The number of carbonyl (C=O) groups is 2. The molecule has 44 heavy (non-hydrogen) atoms. The largest absolute Gasteiger partial charge is 0.496 e. The van der Waals surface area contributed by atoms with Gasteiger partial charge in [-0.15, -0.1) is 0 Å². The summed E-state index contributed by atoms with van der Waals surface area (Å²) in [6.07, 6.45) is 3.53. The van der Waals surface area contributed by atoms with Crippen LogP contribution in [-0.2, 0) is 25.6 Å². The molecule has 1 aliphatic heterocycles. The smallest absolute Gasteiger partial charge is 0.323 e. The molecule has 1 heterocycles. The quantitative estimate of drug-likeness (QED) is 0.0890. The molecule has 0 radical (unpaired) electrons. The van der Waals surface area contributed by atoms with Crippen LogP contribution in [0.2, 0.25) is 0 Å². The summed E-state index contributed by atoms with van der Waals surface area (Å²) in [7, 11) is 3.75. The van der Waals surface area contributed by atoms with Gasteiger partial charge in [0.05, 0.1) is 38.0 Å².